The van der Waals surface area contributed by atoms with Crippen molar-refractivity contribution in [3.05, 3.63) is 0 Å². The van der Waals surface area contributed by atoms with Crippen molar-refractivity contribution in [2.45, 2.75) is 46.7 Å². The summed E-state index contributed by atoms with van der Waals surface area (Å²) in [5.41, 5.74) is 0.388. The van der Waals surface area contributed by atoms with E-state index < -0.39 is 0 Å². The summed E-state index contributed by atoms with van der Waals surface area (Å²) < 4.78 is 2.17. The number of aromatic nitrogens is 2. The molecule has 0 amide bonds. The molecular formula is C11H19N3S3. The molecule has 2 rings (SSSR count). The second kappa shape index (κ2) is 5.47. The Kier molecular flexibility index (Phi) is 4.39. The second-order valence-electron chi connectivity index (χ2n) is 4.99. The Balaban J connectivity index is 2.04. The van der Waals surface area contributed by atoms with Crippen LogP contribution in [0.4, 0.5) is 0 Å². The minimum absolute atomic E-state index is 0.388. The van der Waals surface area contributed by atoms with Crippen LogP contribution < -0.4 is 5.32 Å². The van der Waals surface area contributed by atoms with E-state index >= 15 is 0 Å². The standard InChI is InChI=1S/C11H19N3S3/c1-11(2)6-5-7(8(11)12-3)16-10-14-13-9(15-4)17-10/h7-8,12H,5-6H2,1-4H3. The van der Waals surface area contributed by atoms with Gasteiger partial charge >= 0.3 is 0 Å². The highest BCUT2D eigenvalue weighted by Crippen LogP contribution is 2.45. The van der Waals surface area contributed by atoms with Gasteiger partial charge in [0.1, 0.15) is 0 Å². The minimum Gasteiger partial charge on any atom is -0.315 e. The van der Waals surface area contributed by atoms with Crippen LogP contribution in [0.15, 0.2) is 8.68 Å². The Hall–Kier alpha value is 0.220. The molecule has 0 aromatic carbocycles. The number of hydrogen-bond acceptors (Lipinski definition) is 6. The van der Waals surface area contributed by atoms with Gasteiger partial charge in [0.25, 0.3) is 0 Å². The Bertz CT molecular complexity index is 378. The van der Waals surface area contributed by atoms with Gasteiger partial charge in [-0.1, -0.05) is 48.7 Å². The van der Waals surface area contributed by atoms with E-state index in [9.17, 15) is 0 Å². The number of nitrogens with zero attached hydrogens (tertiary/aromatic N) is 2. The molecule has 1 N–H and O–H groups in total. The van der Waals surface area contributed by atoms with Gasteiger partial charge in [-0.3, -0.25) is 0 Å². The molecule has 2 atom stereocenters. The molecular weight excluding hydrogens is 270 g/mol. The van der Waals surface area contributed by atoms with E-state index in [1.54, 1.807) is 23.1 Å². The fraction of sp³-hybridized carbons (Fsp3) is 0.818. The van der Waals surface area contributed by atoms with Gasteiger partial charge in [-0.05, 0) is 31.6 Å². The van der Waals surface area contributed by atoms with Crippen molar-refractivity contribution >= 4 is 34.9 Å². The highest BCUT2D eigenvalue weighted by atomic mass is 32.2. The van der Waals surface area contributed by atoms with Crippen molar-refractivity contribution in [2.24, 2.45) is 5.41 Å². The van der Waals surface area contributed by atoms with E-state index in [0.29, 0.717) is 16.7 Å². The van der Waals surface area contributed by atoms with E-state index in [4.69, 9.17) is 0 Å². The zero-order valence-corrected chi connectivity index (χ0v) is 13.1. The van der Waals surface area contributed by atoms with E-state index in [1.165, 1.54) is 12.8 Å². The Labute approximate surface area is 116 Å². The van der Waals surface area contributed by atoms with Crippen molar-refractivity contribution in [3.8, 4) is 0 Å². The largest absolute Gasteiger partial charge is 0.315 e. The van der Waals surface area contributed by atoms with Crippen molar-refractivity contribution in [1.82, 2.24) is 15.5 Å². The lowest BCUT2D eigenvalue weighted by Gasteiger charge is -2.29. The molecule has 1 aromatic heterocycles. The van der Waals surface area contributed by atoms with Gasteiger partial charge in [0.15, 0.2) is 8.68 Å². The van der Waals surface area contributed by atoms with E-state index in [0.717, 1.165) is 8.68 Å². The maximum absolute atomic E-state index is 4.25. The van der Waals surface area contributed by atoms with Gasteiger partial charge in [0, 0.05) is 11.3 Å². The summed E-state index contributed by atoms with van der Waals surface area (Å²) in [7, 11) is 2.07. The molecule has 0 radical (unpaired) electrons. The SMILES string of the molecule is CNC1C(Sc2nnc(SC)s2)CCC1(C)C. The molecule has 1 saturated carbocycles. The maximum Gasteiger partial charge on any atom is 0.175 e. The summed E-state index contributed by atoms with van der Waals surface area (Å²) in [6.45, 7) is 4.70. The van der Waals surface area contributed by atoms with Gasteiger partial charge in [-0.2, -0.15) is 0 Å². The van der Waals surface area contributed by atoms with Crippen LogP contribution >= 0.6 is 34.9 Å². The summed E-state index contributed by atoms with van der Waals surface area (Å²) in [5, 5.41) is 12.5. The van der Waals surface area contributed by atoms with Gasteiger partial charge in [-0.25, -0.2) is 0 Å². The second-order valence-corrected chi connectivity index (χ2v) is 8.51. The molecule has 1 aliphatic rings. The molecule has 1 aromatic rings. The fourth-order valence-electron chi connectivity index (χ4n) is 2.50. The molecule has 2 unspecified atom stereocenters. The molecule has 1 aliphatic carbocycles. The van der Waals surface area contributed by atoms with E-state index in [2.05, 4.69) is 36.4 Å². The molecule has 96 valence electrons. The van der Waals surface area contributed by atoms with Crippen molar-refractivity contribution in [1.29, 1.82) is 0 Å². The lowest BCUT2D eigenvalue weighted by Crippen LogP contribution is -2.41. The van der Waals surface area contributed by atoms with Crippen LogP contribution in [0.5, 0.6) is 0 Å². The third-order valence-corrected chi connectivity index (χ3v) is 6.74. The molecule has 1 fully saturated rings. The van der Waals surface area contributed by atoms with E-state index in [1.807, 2.05) is 18.0 Å². The Morgan fingerprint density at radius 2 is 2.06 bits per heavy atom. The molecule has 17 heavy (non-hydrogen) atoms. The molecule has 0 saturated heterocycles. The van der Waals surface area contributed by atoms with Crippen molar-refractivity contribution in [2.75, 3.05) is 13.3 Å². The van der Waals surface area contributed by atoms with Crippen LogP contribution in [-0.4, -0.2) is 34.8 Å². The summed E-state index contributed by atoms with van der Waals surface area (Å²) in [6, 6.07) is 0.564. The predicted molar refractivity (Wildman–Crippen MR) is 77.2 cm³/mol. The molecule has 6 heteroatoms. The normalized spacial score (nSPS) is 27.5. The van der Waals surface area contributed by atoms with Crippen LogP contribution in [-0.2, 0) is 0 Å². The molecule has 3 nitrogen and oxygen atoms in total. The first-order chi connectivity index (χ1) is 8.06. The number of thioether (sulfide) groups is 2. The molecule has 1 heterocycles. The summed E-state index contributed by atoms with van der Waals surface area (Å²) in [4.78, 5) is 0. The minimum atomic E-state index is 0.388. The quantitative estimate of drug-likeness (QED) is 0.862. The van der Waals surface area contributed by atoms with E-state index in [-0.39, 0.29) is 0 Å². The highest BCUT2D eigenvalue weighted by Gasteiger charge is 2.41. The van der Waals surface area contributed by atoms with Gasteiger partial charge in [-0.15, -0.1) is 10.2 Å². The number of nitrogens with one attached hydrogen (secondary N) is 1. The van der Waals surface area contributed by atoms with Crippen molar-refractivity contribution in [3.63, 3.8) is 0 Å². The topological polar surface area (TPSA) is 37.8 Å². The summed E-state index contributed by atoms with van der Waals surface area (Å²) in [5.74, 6) is 0. The lowest BCUT2D eigenvalue weighted by atomic mass is 9.87. The van der Waals surface area contributed by atoms with Crippen LogP contribution in [0.1, 0.15) is 26.7 Å². The summed E-state index contributed by atoms with van der Waals surface area (Å²) in [6.07, 6.45) is 4.59. The van der Waals surface area contributed by atoms with Gasteiger partial charge < -0.3 is 5.32 Å². The summed E-state index contributed by atoms with van der Waals surface area (Å²) >= 11 is 5.27. The third kappa shape index (κ3) is 2.97. The Morgan fingerprint density at radius 3 is 2.65 bits per heavy atom. The first kappa shape index (κ1) is 13.6. The van der Waals surface area contributed by atoms with Gasteiger partial charge in [0.05, 0.1) is 0 Å². The lowest BCUT2D eigenvalue weighted by molar-refractivity contribution is 0.300. The average molecular weight is 289 g/mol. The molecule has 0 aliphatic heterocycles. The monoisotopic (exact) mass is 289 g/mol. The number of rotatable bonds is 4. The average Bonchev–Trinajstić information content (AvgIpc) is 2.84. The van der Waals surface area contributed by atoms with Crippen LogP contribution in [0.2, 0.25) is 0 Å². The highest BCUT2D eigenvalue weighted by molar-refractivity contribution is 8.03. The smallest absolute Gasteiger partial charge is 0.175 e. The zero-order chi connectivity index (χ0) is 12.5. The van der Waals surface area contributed by atoms with Crippen LogP contribution in [0.3, 0.4) is 0 Å². The number of hydrogen-bond donors (Lipinski definition) is 1. The molecule has 0 bridgehead atoms. The maximum atomic E-state index is 4.25. The molecule has 0 spiro atoms. The fourth-order valence-corrected chi connectivity index (χ4v) is 5.69. The Morgan fingerprint density at radius 1 is 1.35 bits per heavy atom. The van der Waals surface area contributed by atoms with Crippen molar-refractivity contribution < 1.29 is 0 Å². The van der Waals surface area contributed by atoms with Crippen LogP contribution in [0, 0.1) is 5.41 Å². The van der Waals surface area contributed by atoms with Crippen LogP contribution in [0.25, 0.3) is 0 Å². The van der Waals surface area contributed by atoms with Gasteiger partial charge in [0.2, 0.25) is 0 Å². The predicted octanol–water partition coefficient (Wildman–Crippen LogP) is 3.13. The first-order valence-electron chi connectivity index (χ1n) is 5.78. The third-order valence-electron chi connectivity index (χ3n) is 3.41. The zero-order valence-electron chi connectivity index (χ0n) is 10.7. The first-order valence-corrected chi connectivity index (χ1v) is 8.70.